The summed E-state index contributed by atoms with van der Waals surface area (Å²) in [5.74, 6) is 0.636. The number of ether oxygens (including phenoxy) is 2. The Morgan fingerprint density at radius 2 is 1.87 bits per heavy atom. The van der Waals surface area contributed by atoms with Crippen molar-refractivity contribution in [2.24, 2.45) is 0 Å². The Morgan fingerprint density at radius 3 is 2.57 bits per heavy atom. The van der Waals surface area contributed by atoms with Crippen LogP contribution in [0.3, 0.4) is 0 Å². The Kier molecular flexibility index (Phi) is 7.30. The molecule has 160 valence electrons. The maximum Gasteiger partial charge on any atom is 0.322 e. The molecule has 2 aromatic carbocycles. The second-order valence-corrected chi connectivity index (χ2v) is 7.28. The van der Waals surface area contributed by atoms with E-state index in [1.54, 1.807) is 38.5 Å². The minimum atomic E-state index is -0.337. The van der Waals surface area contributed by atoms with Gasteiger partial charge in [-0.05, 0) is 48.7 Å². The zero-order chi connectivity index (χ0) is 21.5. The zero-order valence-corrected chi connectivity index (χ0v) is 17.8. The number of hydrogen-bond donors (Lipinski definition) is 1. The smallest absolute Gasteiger partial charge is 0.322 e. The van der Waals surface area contributed by atoms with Crippen molar-refractivity contribution in [1.29, 1.82) is 0 Å². The summed E-state index contributed by atoms with van der Waals surface area (Å²) in [5.41, 5.74) is 3.08. The van der Waals surface area contributed by atoms with E-state index < -0.39 is 0 Å². The molecule has 1 N–H and O–H groups in total. The third-order valence-electron chi connectivity index (χ3n) is 5.44. The molecular formula is C23H29N3O4. The lowest BCUT2D eigenvalue weighted by molar-refractivity contribution is -0.134. The van der Waals surface area contributed by atoms with Crippen LogP contribution in [-0.2, 0) is 16.0 Å². The number of fused-ring (bicyclic) bond motifs is 1. The molecule has 0 fully saturated rings. The molecule has 30 heavy (non-hydrogen) atoms. The van der Waals surface area contributed by atoms with Gasteiger partial charge in [0.2, 0.25) is 5.91 Å². The van der Waals surface area contributed by atoms with E-state index in [0.717, 1.165) is 6.42 Å². The van der Waals surface area contributed by atoms with Gasteiger partial charge in [-0.1, -0.05) is 24.3 Å². The van der Waals surface area contributed by atoms with E-state index in [4.69, 9.17) is 9.47 Å². The Balaban J connectivity index is 1.67. The lowest BCUT2D eigenvalue weighted by Crippen LogP contribution is -2.48. The molecule has 3 rings (SSSR count). The van der Waals surface area contributed by atoms with Crippen LogP contribution in [-0.4, -0.2) is 62.2 Å². The number of rotatable bonds is 7. The van der Waals surface area contributed by atoms with Gasteiger partial charge < -0.3 is 24.6 Å². The Hall–Kier alpha value is -3.06. The van der Waals surface area contributed by atoms with Crippen LogP contribution in [0.25, 0.3) is 0 Å². The molecule has 7 nitrogen and oxygen atoms in total. The van der Waals surface area contributed by atoms with Crippen molar-refractivity contribution in [3.05, 3.63) is 59.7 Å². The average molecular weight is 412 g/mol. The van der Waals surface area contributed by atoms with E-state index in [0.29, 0.717) is 31.1 Å². The van der Waals surface area contributed by atoms with Gasteiger partial charge in [-0.25, -0.2) is 4.79 Å². The number of methoxy groups -OCH3 is 2. The van der Waals surface area contributed by atoms with Gasteiger partial charge in [-0.3, -0.25) is 4.79 Å². The Labute approximate surface area is 177 Å². The van der Waals surface area contributed by atoms with Crippen LogP contribution in [0.2, 0.25) is 0 Å². The standard InChI is InChI=1S/C23H29N3O4/c1-17-21-7-5-4-6-18(21)12-13-26(17)22(27)16-25(14-15-29-2)23(28)24-19-8-10-20(30-3)11-9-19/h4-11,17H,12-16H2,1-3H3,(H,24,28). The summed E-state index contributed by atoms with van der Waals surface area (Å²) in [6.07, 6.45) is 0.822. The molecule has 7 heteroatoms. The normalized spacial score (nSPS) is 15.3. The SMILES string of the molecule is COCCN(CC(=O)N1CCc2ccccc2C1C)C(=O)Nc1ccc(OC)cc1. The first-order chi connectivity index (χ1) is 14.5. The first kappa shape index (κ1) is 21.6. The minimum Gasteiger partial charge on any atom is -0.497 e. The molecule has 3 amide bonds. The van der Waals surface area contributed by atoms with Crippen LogP contribution in [0.5, 0.6) is 5.75 Å². The molecule has 0 saturated carbocycles. The van der Waals surface area contributed by atoms with Crippen molar-refractivity contribution in [2.45, 2.75) is 19.4 Å². The summed E-state index contributed by atoms with van der Waals surface area (Å²) in [6.45, 7) is 3.35. The molecule has 2 aromatic rings. The van der Waals surface area contributed by atoms with E-state index in [1.807, 2.05) is 24.0 Å². The predicted octanol–water partition coefficient (Wildman–Crippen LogP) is 3.32. The number of benzene rings is 2. The van der Waals surface area contributed by atoms with Crippen molar-refractivity contribution >= 4 is 17.6 Å². The second-order valence-electron chi connectivity index (χ2n) is 7.28. The van der Waals surface area contributed by atoms with E-state index >= 15 is 0 Å². The molecule has 1 atom stereocenters. The van der Waals surface area contributed by atoms with Gasteiger partial charge in [-0.2, -0.15) is 0 Å². The molecule has 0 aliphatic carbocycles. The molecule has 0 radical (unpaired) electrons. The number of hydrogen-bond acceptors (Lipinski definition) is 4. The van der Waals surface area contributed by atoms with Crippen molar-refractivity contribution in [2.75, 3.05) is 45.8 Å². The number of anilines is 1. The fraction of sp³-hybridized carbons (Fsp3) is 0.391. The molecular weight excluding hydrogens is 382 g/mol. The van der Waals surface area contributed by atoms with Crippen LogP contribution in [0.15, 0.2) is 48.5 Å². The van der Waals surface area contributed by atoms with E-state index in [-0.39, 0.29) is 24.5 Å². The van der Waals surface area contributed by atoms with E-state index in [2.05, 4.69) is 17.4 Å². The van der Waals surface area contributed by atoms with Gasteiger partial charge in [0.1, 0.15) is 12.3 Å². The molecule has 0 aromatic heterocycles. The van der Waals surface area contributed by atoms with Crippen LogP contribution >= 0.6 is 0 Å². The van der Waals surface area contributed by atoms with Crippen LogP contribution in [0, 0.1) is 0 Å². The number of urea groups is 1. The molecule has 1 heterocycles. The summed E-state index contributed by atoms with van der Waals surface area (Å²) in [7, 11) is 3.16. The summed E-state index contributed by atoms with van der Waals surface area (Å²) in [4.78, 5) is 29.2. The average Bonchev–Trinajstić information content (AvgIpc) is 2.77. The van der Waals surface area contributed by atoms with Crippen LogP contribution in [0.1, 0.15) is 24.1 Å². The molecule has 1 unspecified atom stereocenters. The predicted molar refractivity (Wildman–Crippen MR) is 116 cm³/mol. The maximum atomic E-state index is 13.1. The topological polar surface area (TPSA) is 71.1 Å². The summed E-state index contributed by atoms with van der Waals surface area (Å²) in [5, 5.41) is 2.84. The van der Waals surface area contributed by atoms with Gasteiger partial charge in [0.25, 0.3) is 0 Å². The van der Waals surface area contributed by atoms with Gasteiger partial charge in [-0.15, -0.1) is 0 Å². The first-order valence-electron chi connectivity index (χ1n) is 10.1. The fourth-order valence-corrected chi connectivity index (χ4v) is 3.70. The summed E-state index contributed by atoms with van der Waals surface area (Å²) < 4.78 is 10.3. The van der Waals surface area contributed by atoms with Crippen molar-refractivity contribution in [3.8, 4) is 5.75 Å². The first-order valence-corrected chi connectivity index (χ1v) is 10.1. The number of carbonyl (C=O) groups is 2. The quantitative estimate of drug-likeness (QED) is 0.759. The van der Waals surface area contributed by atoms with E-state index in [1.165, 1.54) is 16.0 Å². The molecule has 0 spiro atoms. The Bertz CT molecular complexity index is 869. The van der Waals surface area contributed by atoms with Crippen LogP contribution < -0.4 is 10.1 Å². The van der Waals surface area contributed by atoms with Crippen molar-refractivity contribution in [3.63, 3.8) is 0 Å². The Morgan fingerprint density at radius 1 is 1.13 bits per heavy atom. The fourth-order valence-electron chi connectivity index (χ4n) is 3.70. The maximum absolute atomic E-state index is 13.1. The lowest BCUT2D eigenvalue weighted by atomic mass is 9.93. The number of nitrogens with zero attached hydrogens (tertiary/aromatic N) is 2. The van der Waals surface area contributed by atoms with Gasteiger partial charge in [0, 0.05) is 25.9 Å². The van der Waals surface area contributed by atoms with E-state index in [9.17, 15) is 9.59 Å². The lowest BCUT2D eigenvalue weighted by Gasteiger charge is -2.36. The van der Waals surface area contributed by atoms with Crippen molar-refractivity contribution in [1.82, 2.24) is 9.80 Å². The van der Waals surface area contributed by atoms with Crippen LogP contribution in [0.4, 0.5) is 10.5 Å². The molecule has 1 aliphatic rings. The number of carbonyl (C=O) groups excluding carboxylic acids is 2. The highest BCUT2D eigenvalue weighted by Crippen LogP contribution is 2.29. The van der Waals surface area contributed by atoms with Crippen molar-refractivity contribution < 1.29 is 19.1 Å². The van der Waals surface area contributed by atoms with Gasteiger partial charge >= 0.3 is 6.03 Å². The summed E-state index contributed by atoms with van der Waals surface area (Å²) >= 11 is 0. The third-order valence-corrected chi connectivity index (χ3v) is 5.44. The highest BCUT2D eigenvalue weighted by Gasteiger charge is 2.29. The monoisotopic (exact) mass is 411 g/mol. The largest absolute Gasteiger partial charge is 0.497 e. The highest BCUT2D eigenvalue weighted by atomic mass is 16.5. The zero-order valence-electron chi connectivity index (χ0n) is 17.8. The molecule has 0 bridgehead atoms. The molecule has 0 saturated heterocycles. The second kappa shape index (κ2) is 10.1. The summed E-state index contributed by atoms with van der Waals surface area (Å²) in [6, 6.07) is 14.9. The third kappa shape index (κ3) is 5.10. The van der Waals surface area contributed by atoms with Gasteiger partial charge in [0.15, 0.2) is 0 Å². The number of amides is 3. The minimum absolute atomic E-state index is 0.00213. The van der Waals surface area contributed by atoms with Gasteiger partial charge in [0.05, 0.1) is 19.8 Å². The molecule has 1 aliphatic heterocycles. The number of nitrogens with one attached hydrogen (secondary N) is 1. The highest BCUT2D eigenvalue weighted by molar-refractivity contribution is 5.92.